The fraction of sp³-hybridized carbons (Fsp3) is 0.321. The van der Waals surface area contributed by atoms with E-state index in [9.17, 15) is 4.79 Å². The number of hydrogen-bond donors (Lipinski definition) is 0. The maximum atomic E-state index is 12.1. The predicted molar refractivity (Wildman–Crippen MR) is 134 cm³/mol. The highest BCUT2D eigenvalue weighted by molar-refractivity contribution is 7.95. The summed E-state index contributed by atoms with van der Waals surface area (Å²) in [4.78, 5) is 12.1. The van der Waals surface area contributed by atoms with Crippen molar-refractivity contribution in [3.63, 3.8) is 0 Å². The van der Waals surface area contributed by atoms with Crippen LogP contribution in [0.1, 0.15) is 63.8 Å². The summed E-state index contributed by atoms with van der Waals surface area (Å²) >= 11 is 0. The largest absolute Gasteiger partial charge is 1.00 e. The third kappa shape index (κ3) is 7.02. The summed E-state index contributed by atoms with van der Waals surface area (Å²) in [6.07, 6.45) is -28.4. The minimum atomic E-state index is -4.25. The van der Waals surface area contributed by atoms with Gasteiger partial charge in [-0.25, -0.2) is 0 Å². The number of carbonyl (C=O) groups is 1. The number of hydrogen-bond acceptors (Lipinski definition) is 2. The lowest BCUT2D eigenvalue weighted by Gasteiger charge is -2.27. The molecule has 0 aliphatic heterocycles. The highest BCUT2D eigenvalue weighted by Gasteiger charge is 2.44. The van der Waals surface area contributed by atoms with Crippen molar-refractivity contribution in [1.82, 2.24) is 0 Å². The molecule has 3 aromatic rings. The summed E-state index contributed by atoms with van der Waals surface area (Å²) in [7, 11) is -2.50. The first-order valence-corrected chi connectivity index (χ1v) is 11.6. The Kier molecular flexibility index (Phi) is 5.56. The van der Waals surface area contributed by atoms with Crippen LogP contribution in [0, 0.1) is 0 Å². The predicted octanol–water partition coefficient (Wildman–Crippen LogP) is 2.89. The Hall–Kier alpha value is -1.96. The number of carbonyl (C=O) groups excluding carboxylic acids is 1. The molecule has 0 N–H and O–H groups in total. The van der Waals surface area contributed by atoms with Crippen molar-refractivity contribution in [2.24, 2.45) is 0 Å². The molecule has 3 aromatic carbocycles. The third-order valence-electron chi connectivity index (χ3n) is 4.60. The van der Waals surface area contributed by atoms with E-state index in [0.29, 0.717) is 23.0 Å². The van der Waals surface area contributed by atoms with Crippen molar-refractivity contribution in [1.29, 1.82) is 0 Å². The molecule has 0 bridgehead atoms. The van der Waals surface area contributed by atoms with E-state index in [1.54, 1.807) is 91.0 Å². The second-order valence-corrected chi connectivity index (χ2v) is 9.88. The Bertz CT molecular complexity index is 1380. The Morgan fingerprint density at radius 2 is 1.06 bits per heavy atom. The summed E-state index contributed by atoms with van der Waals surface area (Å²) in [5.41, 5.74) is 0. The summed E-state index contributed by atoms with van der Waals surface area (Å²) in [5, 5.41) is 1.84. The van der Waals surface area contributed by atoms with Crippen LogP contribution in [0.5, 0.6) is 0 Å². The molecule has 2 nitrogen and oxygen atoms in total. The maximum absolute atomic E-state index is 12.1. The van der Waals surface area contributed by atoms with Gasteiger partial charge in [-0.15, -0.1) is 0 Å². The number of methoxy groups -OCH3 is 1. The number of halogens is 1. The molecular weight excluding hydrogens is 479 g/mol. The van der Waals surface area contributed by atoms with Crippen LogP contribution in [0.15, 0.2) is 91.0 Å². The van der Waals surface area contributed by atoms with Gasteiger partial charge < -0.3 is 21.7 Å². The third-order valence-corrected chi connectivity index (χ3v) is 8.77. The van der Waals surface area contributed by atoms with Crippen LogP contribution in [-0.2, 0) is 9.53 Å². The molecule has 0 aliphatic carbocycles. The second-order valence-electron chi connectivity index (χ2n) is 6.39. The molecule has 0 amide bonds. The average Bonchev–Trinajstić information content (AvgIpc) is 3.00. The van der Waals surface area contributed by atoms with Crippen molar-refractivity contribution in [3.8, 4) is 0 Å². The van der Waals surface area contributed by atoms with Crippen molar-refractivity contribution in [2.45, 2.75) is 44.6 Å². The van der Waals surface area contributed by atoms with Crippen LogP contribution >= 0.6 is 7.26 Å². The van der Waals surface area contributed by atoms with Crippen molar-refractivity contribution >= 4 is 29.1 Å². The lowest BCUT2D eigenvalue weighted by Crippen LogP contribution is -3.00. The van der Waals surface area contributed by atoms with E-state index in [-0.39, 0.29) is 17.0 Å². The summed E-state index contributed by atoms with van der Waals surface area (Å²) in [6, 6.07) is 26.1. The molecule has 0 spiro atoms. The standard InChI is InChI=1S/C28H34O2P.BrH/c1-30-28(29)23-15-4-2-3-5-16-24-31(25-17-9-6-10-18-25,26-19-11-7-12-20-26)27-21-13-8-14-22-27;/h6-14,17-22H,2-5,15-16,23-24H2,1H3;1H/q+1;/p-1/i2D2,3D2,4D2,5D2,15D2,16D2,23D2;. The zero-order valence-electron chi connectivity index (χ0n) is 31.5. The second kappa shape index (κ2) is 14.2. The first-order chi connectivity index (χ1) is 20.5. The Balaban J connectivity index is 0.00000736. The molecule has 4 heteroatoms. The molecule has 0 saturated carbocycles. The van der Waals surface area contributed by atoms with E-state index in [1.807, 2.05) is 0 Å². The van der Waals surface area contributed by atoms with Crippen LogP contribution in [0.3, 0.4) is 0 Å². The highest BCUT2D eigenvalue weighted by Crippen LogP contribution is 2.55. The van der Waals surface area contributed by atoms with Crippen LogP contribution in [0.4, 0.5) is 0 Å². The average molecular weight is 528 g/mol. The molecule has 3 rings (SSSR count). The van der Waals surface area contributed by atoms with Gasteiger partial charge in [-0.2, -0.15) is 0 Å². The number of rotatable bonds is 12. The molecule has 0 radical (unpaired) electrons. The molecule has 170 valence electrons. The minimum absolute atomic E-state index is 0. The van der Waals surface area contributed by atoms with Crippen molar-refractivity contribution < 1.29 is 45.7 Å². The topological polar surface area (TPSA) is 26.3 Å². The van der Waals surface area contributed by atoms with E-state index in [1.165, 1.54) is 0 Å². The Labute approximate surface area is 224 Å². The van der Waals surface area contributed by atoms with Gasteiger partial charge in [0.2, 0.25) is 0 Å². The van der Waals surface area contributed by atoms with Gasteiger partial charge in [-0.05, 0) is 55.5 Å². The number of ether oxygens (including phenoxy) is 1. The van der Waals surface area contributed by atoms with E-state index in [0.717, 1.165) is 0 Å². The highest BCUT2D eigenvalue weighted by atomic mass is 79.9. The van der Waals surface area contributed by atoms with Crippen molar-refractivity contribution in [2.75, 3.05) is 13.3 Å². The van der Waals surface area contributed by atoms with Crippen LogP contribution in [0.25, 0.3) is 0 Å². The van der Waals surface area contributed by atoms with Gasteiger partial charge in [0.25, 0.3) is 0 Å². The fourth-order valence-electron chi connectivity index (χ4n) is 3.20. The molecule has 0 saturated heterocycles. The monoisotopic (exact) mass is 526 g/mol. The molecule has 0 fully saturated rings. The number of benzene rings is 3. The summed E-state index contributed by atoms with van der Waals surface area (Å²) in [6.45, 7) is 0. The van der Waals surface area contributed by atoms with Crippen LogP contribution in [-0.4, -0.2) is 19.2 Å². The first-order valence-electron chi connectivity index (χ1n) is 16.6. The molecular formula is C28H34BrO2P. The maximum Gasteiger partial charge on any atom is 0.305 e. The van der Waals surface area contributed by atoms with Gasteiger partial charge in [0.15, 0.2) is 0 Å². The molecule has 0 atom stereocenters. The van der Waals surface area contributed by atoms with Gasteiger partial charge in [0, 0.05) is 25.6 Å². The van der Waals surface area contributed by atoms with Gasteiger partial charge in [-0.3, -0.25) is 4.79 Å². The van der Waals surface area contributed by atoms with E-state index < -0.39 is 64.0 Å². The zero-order chi connectivity index (χ0) is 34.3. The van der Waals surface area contributed by atoms with Crippen molar-refractivity contribution in [3.05, 3.63) is 91.0 Å². The lowest BCUT2D eigenvalue weighted by atomic mass is 10.1. The summed E-state index contributed by atoms with van der Waals surface area (Å²) in [5.74, 6) is -1.89. The molecule has 0 unspecified atom stereocenters. The van der Waals surface area contributed by atoms with Crippen LogP contribution in [0.2, 0.25) is 0 Å². The zero-order valence-corrected chi connectivity index (χ0v) is 20.0. The molecule has 0 aromatic heterocycles. The van der Waals surface area contributed by atoms with Crippen LogP contribution < -0.4 is 32.9 Å². The van der Waals surface area contributed by atoms with Gasteiger partial charge in [-0.1, -0.05) is 73.7 Å². The summed E-state index contributed by atoms with van der Waals surface area (Å²) < 4.78 is 123. The first kappa shape index (κ1) is 12.5. The molecule has 0 aliphatic rings. The Morgan fingerprint density at radius 3 is 1.47 bits per heavy atom. The normalized spacial score (nSPS) is 20.5. The Morgan fingerprint density at radius 1 is 0.688 bits per heavy atom. The minimum Gasteiger partial charge on any atom is -1.00 e. The lowest BCUT2D eigenvalue weighted by molar-refractivity contribution is -0.140. The van der Waals surface area contributed by atoms with E-state index >= 15 is 0 Å². The molecule has 32 heavy (non-hydrogen) atoms. The van der Waals surface area contributed by atoms with E-state index in [4.69, 9.17) is 19.2 Å². The van der Waals surface area contributed by atoms with E-state index in [2.05, 4.69) is 4.74 Å². The van der Waals surface area contributed by atoms with Gasteiger partial charge >= 0.3 is 5.97 Å². The smallest absolute Gasteiger partial charge is 0.305 e. The van der Waals surface area contributed by atoms with Gasteiger partial charge in [0.05, 0.1) is 13.3 Å². The van der Waals surface area contributed by atoms with Gasteiger partial charge in [0.1, 0.15) is 23.2 Å². The SMILES string of the molecule is [2H]C([2H])(C[P+](c1ccccc1)(c1ccccc1)c1ccccc1)C([2H])([2H])C([2H])([2H])C([2H])([2H])C([2H])([2H])C([2H])([2H])C([2H])([2H])C(=O)OC.[Br-]. The fourth-order valence-corrected chi connectivity index (χ4v) is 7.00. The molecule has 0 heterocycles. The number of esters is 1. The quantitative estimate of drug-likeness (QED) is 0.268.